The molecule has 0 fully saturated rings. The van der Waals surface area contributed by atoms with E-state index in [2.05, 4.69) is 28.6 Å². The summed E-state index contributed by atoms with van der Waals surface area (Å²) in [4.78, 5) is 0. The van der Waals surface area contributed by atoms with Gasteiger partial charge in [0.2, 0.25) is 0 Å². The van der Waals surface area contributed by atoms with Crippen molar-refractivity contribution in [2.24, 2.45) is 7.05 Å². The molecule has 1 aliphatic carbocycles. The summed E-state index contributed by atoms with van der Waals surface area (Å²) in [5.74, 6) is 0.972. The van der Waals surface area contributed by atoms with E-state index in [0.717, 1.165) is 12.2 Å². The zero-order valence-electron chi connectivity index (χ0n) is 12.8. The number of rotatable bonds is 5. The molecule has 1 aliphatic rings. The van der Waals surface area contributed by atoms with Crippen molar-refractivity contribution >= 4 is 0 Å². The molecule has 1 heterocycles. The predicted octanol–water partition coefficient (Wildman–Crippen LogP) is 2.64. The number of aromatic nitrogens is 2. The van der Waals surface area contributed by atoms with Gasteiger partial charge in [-0.25, -0.2) is 0 Å². The molecule has 3 rings (SSSR count). The van der Waals surface area contributed by atoms with Crippen LogP contribution in [0, 0.1) is 0 Å². The van der Waals surface area contributed by atoms with Crippen LogP contribution in [0.2, 0.25) is 0 Å². The molecule has 0 amide bonds. The lowest BCUT2D eigenvalue weighted by Gasteiger charge is -2.25. The summed E-state index contributed by atoms with van der Waals surface area (Å²) in [5.41, 5.74) is 4.08. The Morgan fingerprint density at radius 1 is 1.43 bits per heavy atom. The lowest BCUT2D eigenvalue weighted by atomic mass is 9.87. The number of nitrogens with one attached hydrogen (secondary N) is 1. The average molecular weight is 285 g/mol. The first-order chi connectivity index (χ1) is 10.3. The van der Waals surface area contributed by atoms with E-state index in [-0.39, 0.29) is 0 Å². The van der Waals surface area contributed by atoms with Crippen LogP contribution in [0.3, 0.4) is 0 Å². The molecule has 1 aromatic heterocycles. The third-order valence-corrected chi connectivity index (χ3v) is 4.20. The van der Waals surface area contributed by atoms with Gasteiger partial charge in [0.1, 0.15) is 5.75 Å². The summed E-state index contributed by atoms with van der Waals surface area (Å²) >= 11 is 0. The topological polar surface area (TPSA) is 39.1 Å². The Morgan fingerprint density at radius 2 is 2.33 bits per heavy atom. The van der Waals surface area contributed by atoms with Crippen LogP contribution in [0.15, 0.2) is 30.6 Å². The summed E-state index contributed by atoms with van der Waals surface area (Å²) in [7, 11) is 3.97. The van der Waals surface area contributed by atoms with E-state index < -0.39 is 0 Å². The Balaban J connectivity index is 1.63. The van der Waals surface area contributed by atoms with Gasteiger partial charge in [-0.2, -0.15) is 5.10 Å². The van der Waals surface area contributed by atoms with Crippen molar-refractivity contribution in [1.82, 2.24) is 15.1 Å². The number of benzene rings is 1. The fourth-order valence-corrected chi connectivity index (χ4v) is 3.05. The lowest BCUT2D eigenvalue weighted by Crippen LogP contribution is -2.21. The van der Waals surface area contributed by atoms with Crippen LogP contribution in [0.4, 0.5) is 0 Å². The molecule has 21 heavy (non-hydrogen) atoms. The zero-order chi connectivity index (χ0) is 14.7. The predicted molar refractivity (Wildman–Crippen MR) is 83.6 cm³/mol. The molecule has 4 heteroatoms. The lowest BCUT2D eigenvalue weighted by molar-refractivity contribution is 0.320. The van der Waals surface area contributed by atoms with Crippen LogP contribution in [0.1, 0.15) is 35.6 Å². The summed E-state index contributed by atoms with van der Waals surface area (Å²) in [6, 6.07) is 6.99. The highest BCUT2D eigenvalue weighted by atomic mass is 16.5. The van der Waals surface area contributed by atoms with Gasteiger partial charge in [-0.05, 0) is 55.1 Å². The molecule has 1 N–H and O–H groups in total. The number of aryl methyl sites for hydroxylation is 2. The van der Waals surface area contributed by atoms with Crippen molar-refractivity contribution in [1.29, 1.82) is 0 Å². The highest BCUT2D eigenvalue weighted by molar-refractivity contribution is 5.39. The van der Waals surface area contributed by atoms with Crippen LogP contribution in [0.5, 0.6) is 5.75 Å². The third kappa shape index (κ3) is 3.27. The Kier molecular flexibility index (Phi) is 4.25. The summed E-state index contributed by atoms with van der Waals surface area (Å²) in [6.07, 6.45) is 8.48. The maximum atomic E-state index is 5.91. The average Bonchev–Trinajstić information content (AvgIpc) is 2.92. The van der Waals surface area contributed by atoms with Crippen molar-refractivity contribution in [3.63, 3.8) is 0 Å². The van der Waals surface area contributed by atoms with E-state index >= 15 is 0 Å². The van der Waals surface area contributed by atoms with Gasteiger partial charge >= 0.3 is 0 Å². The quantitative estimate of drug-likeness (QED) is 0.918. The van der Waals surface area contributed by atoms with E-state index in [1.54, 1.807) is 0 Å². The summed E-state index contributed by atoms with van der Waals surface area (Å²) in [5, 5.41) is 7.58. The Morgan fingerprint density at radius 3 is 3.10 bits per heavy atom. The molecular weight excluding hydrogens is 262 g/mol. The molecule has 0 saturated heterocycles. The monoisotopic (exact) mass is 285 g/mol. The molecule has 1 aromatic carbocycles. The molecule has 0 bridgehead atoms. The second-order valence-corrected chi connectivity index (χ2v) is 5.71. The fraction of sp³-hybridized carbons (Fsp3) is 0.471. The van der Waals surface area contributed by atoms with Crippen LogP contribution in [-0.4, -0.2) is 23.4 Å². The molecule has 0 aliphatic heterocycles. The van der Waals surface area contributed by atoms with Crippen LogP contribution >= 0.6 is 0 Å². The first-order valence-electron chi connectivity index (χ1n) is 7.66. The first kappa shape index (κ1) is 14.1. The molecule has 112 valence electrons. The SMILES string of the molecule is CNC1CCCc2ccc(OCCc3cnn(C)c3)cc21. The number of nitrogens with zero attached hydrogens (tertiary/aromatic N) is 2. The number of fused-ring (bicyclic) bond motifs is 1. The molecule has 4 nitrogen and oxygen atoms in total. The third-order valence-electron chi connectivity index (χ3n) is 4.20. The van der Waals surface area contributed by atoms with Crippen molar-refractivity contribution in [3.8, 4) is 5.75 Å². The van der Waals surface area contributed by atoms with Gasteiger partial charge < -0.3 is 10.1 Å². The first-order valence-corrected chi connectivity index (χ1v) is 7.66. The second-order valence-electron chi connectivity index (χ2n) is 5.71. The van der Waals surface area contributed by atoms with Crippen LogP contribution in [-0.2, 0) is 19.9 Å². The number of ether oxygens (including phenoxy) is 1. The molecule has 0 saturated carbocycles. The Labute approximate surface area is 126 Å². The van der Waals surface area contributed by atoms with Gasteiger partial charge in [0.05, 0.1) is 12.8 Å². The Bertz CT molecular complexity index is 606. The molecule has 0 spiro atoms. The largest absolute Gasteiger partial charge is 0.493 e. The molecule has 2 aromatic rings. The van der Waals surface area contributed by atoms with E-state index in [4.69, 9.17) is 4.74 Å². The summed E-state index contributed by atoms with van der Waals surface area (Å²) < 4.78 is 7.74. The highest BCUT2D eigenvalue weighted by Gasteiger charge is 2.19. The van der Waals surface area contributed by atoms with Gasteiger partial charge in [0, 0.05) is 25.7 Å². The van der Waals surface area contributed by atoms with Gasteiger partial charge in [-0.15, -0.1) is 0 Å². The fourth-order valence-electron chi connectivity index (χ4n) is 3.05. The molecular formula is C17H23N3O. The molecule has 1 atom stereocenters. The van der Waals surface area contributed by atoms with E-state index in [1.165, 1.54) is 36.0 Å². The van der Waals surface area contributed by atoms with Crippen molar-refractivity contribution in [2.75, 3.05) is 13.7 Å². The minimum absolute atomic E-state index is 0.468. The van der Waals surface area contributed by atoms with E-state index in [0.29, 0.717) is 12.6 Å². The second kappa shape index (κ2) is 6.31. The van der Waals surface area contributed by atoms with Crippen molar-refractivity contribution in [2.45, 2.75) is 31.7 Å². The molecule has 1 unspecified atom stereocenters. The minimum Gasteiger partial charge on any atom is -0.493 e. The van der Waals surface area contributed by atoms with Crippen LogP contribution in [0.25, 0.3) is 0 Å². The zero-order valence-corrected chi connectivity index (χ0v) is 12.8. The maximum Gasteiger partial charge on any atom is 0.119 e. The van der Waals surface area contributed by atoms with Gasteiger partial charge in [0.25, 0.3) is 0 Å². The van der Waals surface area contributed by atoms with Gasteiger partial charge in [-0.3, -0.25) is 4.68 Å². The van der Waals surface area contributed by atoms with Crippen molar-refractivity contribution in [3.05, 3.63) is 47.3 Å². The highest BCUT2D eigenvalue weighted by Crippen LogP contribution is 2.32. The Hall–Kier alpha value is -1.81. The standard InChI is InChI=1S/C17H23N3O/c1-18-17-5-3-4-14-6-7-15(10-16(14)17)21-9-8-13-11-19-20(2)12-13/h6-7,10-12,17-18H,3-5,8-9H2,1-2H3. The van der Waals surface area contributed by atoms with Crippen molar-refractivity contribution < 1.29 is 4.74 Å². The van der Waals surface area contributed by atoms with Crippen LogP contribution < -0.4 is 10.1 Å². The smallest absolute Gasteiger partial charge is 0.119 e. The number of hydrogen-bond acceptors (Lipinski definition) is 3. The van der Waals surface area contributed by atoms with E-state index in [1.807, 2.05) is 31.2 Å². The maximum absolute atomic E-state index is 5.91. The van der Waals surface area contributed by atoms with Gasteiger partial charge in [0.15, 0.2) is 0 Å². The van der Waals surface area contributed by atoms with Gasteiger partial charge in [-0.1, -0.05) is 6.07 Å². The normalized spacial score (nSPS) is 17.5. The van der Waals surface area contributed by atoms with E-state index in [9.17, 15) is 0 Å². The molecule has 0 radical (unpaired) electrons. The summed E-state index contributed by atoms with van der Waals surface area (Å²) in [6.45, 7) is 0.689. The number of hydrogen-bond donors (Lipinski definition) is 1. The minimum atomic E-state index is 0.468.